The average molecular weight is 242 g/mol. The summed E-state index contributed by atoms with van der Waals surface area (Å²) >= 11 is 0. The molecule has 0 heterocycles. The molecule has 1 rings (SSSR count). The van der Waals surface area contributed by atoms with Crippen molar-refractivity contribution < 1.29 is 30.8 Å². The van der Waals surface area contributed by atoms with Crippen molar-refractivity contribution in [1.29, 1.82) is 0 Å². The summed E-state index contributed by atoms with van der Waals surface area (Å²) in [4.78, 5) is 16.7. The number of hydrogen-bond donors (Lipinski definition) is 4. The Hall–Kier alpha value is -1.68. The molecule has 4 N–H and O–H groups in total. The average Bonchev–Trinajstić information content (AvgIpc) is 2.00. The summed E-state index contributed by atoms with van der Waals surface area (Å²) in [5.74, 6) is 0. The Balaban J connectivity index is 0. The van der Waals surface area contributed by atoms with E-state index in [0.717, 1.165) is 19.3 Å². The maximum atomic E-state index is 8.92. The van der Waals surface area contributed by atoms with Gasteiger partial charge in [-0.3, -0.25) is 0 Å². The van der Waals surface area contributed by atoms with E-state index in [1.54, 1.807) is 0 Å². The van der Waals surface area contributed by atoms with Gasteiger partial charge in [0.2, 0.25) is 0 Å². The summed E-state index contributed by atoms with van der Waals surface area (Å²) in [5.41, 5.74) is 0. The zero-order chi connectivity index (χ0) is 13.1. The second-order valence-electron chi connectivity index (χ2n) is 2.95. The molecule has 1 aliphatic rings. The van der Waals surface area contributed by atoms with E-state index in [1.165, 1.54) is 0 Å². The number of nitrogens with zero attached hydrogens (tertiary/aromatic N) is 2. The van der Waals surface area contributed by atoms with Crippen LogP contribution in [0.5, 0.6) is 0 Å². The molecule has 2 unspecified atom stereocenters. The largest absolute Gasteiger partial charge is 0.393 e. The zero-order valence-corrected chi connectivity index (χ0v) is 8.30. The molecule has 96 valence electrons. The minimum Gasteiger partial charge on any atom is -0.393 e. The van der Waals surface area contributed by atoms with Crippen LogP contribution in [0.25, 0.3) is 0 Å². The van der Waals surface area contributed by atoms with Crippen LogP contribution in [0.15, 0.2) is 0 Å². The van der Waals surface area contributed by atoms with Crippen LogP contribution in [-0.4, -0.2) is 43.0 Å². The highest BCUT2D eigenvalue weighted by molar-refractivity contribution is 4.69. The molecule has 0 bridgehead atoms. The molecule has 1 aliphatic carbocycles. The van der Waals surface area contributed by atoms with Crippen molar-refractivity contribution in [2.45, 2.75) is 37.9 Å². The summed E-state index contributed by atoms with van der Waals surface area (Å²) in [5, 5.41) is 45.1. The smallest absolute Gasteiger partial charge is 0.291 e. The molecule has 0 saturated heterocycles. The Morgan fingerprint density at radius 1 is 0.938 bits per heavy atom. The van der Waals surface area contributed by atoms with Gasteiger partial charge in [0.05, 0.1) is 12.2 Å². The van der Waals surface area contributed by atoms with E-state index in [-0.39, 0.29) is 12.2 Å². The normalized spacial score (nSPS) is 22.9. The molecule has 10 heteroatoms. The molecule has 0 aromatic heterocycles. The minimum atomic E-state index is -1.50. The van der Waals surface area contributed by atoms with Gasteiger partial charge >= 0.3 is 0 Å². The van der Waals surface area contributed by atoms with E-state index in [2.05, 4.69) is 0 Å². The Morgan fingerprint density at radius 3 is 1.31 bits per heavy atom. The fraction of sp³-hybridized carbons (Fsp3) is 1.00. The van der Waals surface area contributed by atoms with Gasteiger partial charge in [-0.2, -0.15) is 0 Å². The number of aliphatic hydroxyl groups excluding tert-OH is 2. The number of rotatable bonds is 0. The summed E-state index contributed by atoms with van der Waals surface area (Å²) < 4.78 is 0. The third-order valence-corrected chi connectivity index (χ3v) is 1.62. The van der Waals surface area contributed by atoms with E-state index < -0.39 is 10.2 Å². The van der Waals surface area contributed by atoms with Gasteiger partial charge < -0.3 is 20.6 Å². The highest BCUT2D eigenvalue weighted by atomic mass is 16.9. The standard InChI is InChI=1S/C6H12O2.2HNO3/c7-5-2-1-3-6(8)4-5;2*2-1(3)4/h5-8H,1-4H2;2*(H,2,3,4). The third-order valence-electron chi connectivity index (χ3n) is 1.62. The molecule has 2 atom stereocenters. The van der Waals surface area contributed by atoms with Crippen LogP contribution in [0.4, 0.5) is 0 Å². The Bertz CT molecular complexity index is 183. The molecule has 0 radical (unpaired) electrons. The van der Waals surface area contributed by atoms with Gasteiger partial charge in [0.25, 0.3) is 10.2 Å². The van der Waals surface area contributed by atoms with E-state index in [1.807, 2.05) is 0 Å². The molecule has 16 heavy (non-hydrogen) atoms. The topological polar surface area (TPSA) is 167 Å². The number of aliphatic hydroxyl groups is 2. The quantitative estimate of drug-likeness (QED) is 0.328. The molecule has 0 aromatic carbocycles. The predicted octanol–water partition coefficient (Wildman–Crippen LogP) is -0.413. The molecule has 0 spiro atoms. The Morgan fingerprint density at radius 2 is 1.19 bits per heavy atom. The van der Waals surface area contributed by atoms with Crippen molar-refractivity contribution in [2.24, 2.45) is 0 Å². The highest BCUT2D eigenvalue weighted by Crippen LogP contribution is 2.17. The van der Waals surface area contributed by atoms with Crippen molar-refractivity contribution in [2.75, 3.05) is 0 Å². The van der Waals surface area contributed by atoms with Crippen LogP contribution in [0, 0.1) is 20.2 Å². The van der Waals surface area contributed by atoms with E-state index >= 15 is 0 Å². The Kier molecular flexibility index (Phi) is 10.3. The van der Waals surface area contributed by atoms with Gasteiger partial charge in [0.15, 0.2) is 0 Å². The SMILES string of the molecule is O=[N+]([O-])O.O=[N+]([O-])O.OC1CCCC(O)C1. The monoisotopic (exact) mass is 242 g/mol. The van der Waals surface area contributed by atoms with Crippen LogP contribution in [0.3, 0.4) is 0 Å². The summed E-state index contributed by atoms with van der Waals surface area (Å²) in [7, 11) is 0. The van der Waals surface area contributed by atoms with E-state index in [9.17, 15) is 0 Å². The molecular formula is C6H14N2O8. The molecule has 0 amide bonds. The molecule has 10 nitrogen and oxygen atoms in total. The fourth-order valence-corrected chi connectivity index (χ4v) is 1.14. The minimum absolute atomic E-state index is 0.237. The van der Waals surface area contributed by atoms with Crippen LogP contribution in [0.2, 0.25) is 0 Å². The maximum Gasteiger partial charge on any atom is 0.291 e. The lowest BCUT2D eigenvalue weighted by Crippen LogP contribution is -2.22. The predicted molar refractivity (Wildman–Crippen MR) is 48.0 cm³/mol. The number of hydrogen-bond acceptors (Lipinski definition) is 6. The first-order chi connectivity index (χ1) is 7.25. The van der Waals surface area contributed by atoms with Crippen LogP contribution >= 0.6 is 0 Å². The first kappa shape index (κ1) is 16.7. The molecular weight excluding hydrogens is 228 g/mol. The first-order valence-corrected chi connectivity index (χ1v) is 4.28. The van der Waals surface area contributed by atoms with Gasteiger partial charge in [-0.05, 0) is 25.7 Å². The maximum absolute atomic E-state index is 8.92. The summed E-state index contributed by atoms with van der Waals surface area (Å²) in [6, 6.07) is 0. The van der Waals surface area contributed by atoms with Gasteiger partial charge in [0, 0.05) is 0 Å². The second kappa shape index (κ2) is 9.86. The van der Waals surface area contributed by atoms with Gasteiger partial charge in [0.1, 0.15) is 0 Å². The van der Waals surface area contributed by atoms with Crippen LogP contribution < -0.4 is 0 Å². The van der Waals surface area contributed by atoms with E-state index in [4.69, 9.17) is 40.9 Å². The molecule has 0 aliphatic heterocycles. The lowest BCUT2D eigenvalue weighted by Gasteiger charge is -2.20. The highest BCUT2D eigenvalue weighted by Gasteiger charge is 2.16. The van der Waals surface area contributed by atoms with Crippen molar-refractivity contribution in [3.05, 3.63) is 20.2 Å². The zero-order valence-electron chi connectivity index (χ0n) is 8.30. The molecule has 0 aromatic rings. The van der Waals surface area contributed by atoms with Crippen molar-refractivity contribution in [3.63, 3.8) is 0 Å². The lowest BCUT2D eigenvalue weighted by atomic mass is 9.95. The van der Waals surface area contributed by atoms with Crippen LogP contribution in [-0.2, 0) is 0 Å². The van der Waals surface area contributed by atoms with Gasteiger partial charge in [-0.15, -0.1) is 20.2 Å². The summed E-state index contributed by atoms with van der Waals surface area (Å²) in [6.07, 6.45) is 2.83. The van der Waals surface area contributed by atoms with Crippen LogP contribution in [0.1, 0.15) is 25.7 Å². The van der Waals surface area contributed by atoms with Gasteiger partial charge in [-0.25, -0.2) is 0 Å². The van der Waals surface area contributed by atoms with Gasteiger partial charge in [-0.1, -0.05) is 0 Å². The summed E-state index contributed by atoms with van der Waals surface area (Å²) in [6.45, 7) is 0. The van der Waals surface area contributed by atoms with Crippen molar-refractivity contribution in [3.8, 4) is 0 Å². The first-order valence-electron chi connectivity index (χ1n) is 4.28. The van der Waals surface area contributed by atoms with Crippen molar-refractivity contribution >= 4 is 0 Å². The molecule has 1 saturated carbocycles. The Labute approximate surface area is 90.0 Å². The fourth-order valence-electron chi connectivity index (χ4n) is 1.14. The molecule has 1 fully saturated rings. The lowest BCUT2D eigenvalue weighted by molar-refractivity contribution is -0.742. The van der Waals surface area contributed by atoms with E-state index in [0.29, 0.717) is 6.42 Å². The van der Waals surface area contributed by atoms with Crippen molar-refractivity contribution in [1.82, 2.24) is 0 Å². The third kappa shape index (κ3) is 22.8. The second-order valence-corrected chi connectivity index (χ2v) is 2.95.